The van der Waals surface area contributed by atoms with Gasteiger partial charge >= 0.3 is 0 Å². The van der Waals surface area contributed by atoms with Gasteiger partial charge in [-0.05, 0) is 26.7 Å². The lowest BCUT2D eigenvalue weighted by molar-refractivity contribution is 0.127. The molecule has 1 aromatic heterocycles. The molecule has 0 amide bonds. The van der Waals surface area contributed by atoms with E-state index in [-0.39, 0.29) is 12.0 Å². The number of aryl methyl sites for hydroxylation is 1. The summed E-state index contributed by atoms with van der Waals surface area (Å²) in [6.45, 7) is 8.74. The van der Waals surface area contributed by atoms with Gasteiger partial charge in [-0.25, -0.2) is 9.97 Å². The molecule has 102 valence electrons. The molecule has 0 spiro atoms. The lowest BCUT2D eigenvalue weighted by Crippen LogP contribution is -2.32. The van der Waals surface area contributed by atoms with Crippen molar-refractivity contribution in [1.29, 1.82) is 0 Å². The third-order valence-electron chi connectivity index (χ3n) is 3.66. The molecule has 1 aromatic rings. The number of hydrogen-bond donors (Lipinski definition) is 2. The topological polar surface area (TPSA) is 58.0 Å². The van der Waals surface area contributed by atoms with Gasteiger partial charge in [0.05, 0.1) is 6.61 Å². The first-order valence-corrected chi connectivity index (χ1v) is 6.71. The van der Waals surface area contributed by atoms with Crippen LogP contribution in [0.3, 0.4) is 0 Å². The third kappa shape index (κ3) is 3.33. The van der Waals surface area contributed by atoms with Crippen molar-refractivity contribution in [3.8, 4) is 0 Å². The molecule has 0 saturated carbocycles. The molecule has 0 saturated heterocycles. The van der Waals surface area contributed by atoms with Crippen molar-refractivity contribution in [2.24, 2.45) is 5.41 Å². The Bertz CT molecular complexity index is 397. The standard InChI is InChI=1S/C13H22ClN3O/c1-5-13(6-2,8-18)7-15-12-9(3)11(14)16-10(4)17-12/h18H,5-8H2,1-4H3,(H,15,16,17). The molecule has 18 heavy (non-hydrogen) atoms. The van der Waals surface area contributed by atoms with Crippen molar-refractivity contribution in [3.63, 3.8) is 0 Å². The first kappa shape index (κ1) is 15.2. The third-order valence-corrected chi connectivity index (χ3v) is 4.03. The van der Waals surface area contributed by atoms with Crippen LogP contribution >= 0.6 is 11.6 Å². The number of aromatic nitrogens is 2. The van der Waals surface area contributed by atoms with Gasteiger partial charge < -0.3 is 10.4 Å². The van der Waals surface area contributed by atoms with Crippen molar-refractivity contribution in [2.75, 3.05) is 18.5 Å². The van der Waals surface area contributed by atoms with E-state index < -0.39 is 0 Å². The zero-order valence-electron chi connectivity index (χ0n) is 11.5. The molecule has 1 heterocycles. The second-order valence-electron chi connectivity index (χ2n) is 4.75. The van der Waals surface area contributed by atoms with Gasteiger partial charge in [0.25, 0.3) is 0 Å². The number of nitrogens with zero attached hydrogens (tertiary/aromatic N) is 2. The van der Waals surface area contributed by atoms with Crippen LogP contribution in [0.4, 0.5) is 5.82 Å². The fourth-order valence-corrected chi connectivity index (χ4v) is 2.03. The van der Waals surface area contributed by atoms with Crippen LogP contribution in [0.15, 0.2) is 0 Å². The predicted octanol–water partition coefficient (Wildman–Crippen LogP) is 2.96. The Morgan fingerprint density at radius 3 is 2.33 bits per heavy atom. The SMILES string of the molecule is CCC(CC)(CO)CNc1nc(C)nc(Cl)c1C. The van der Waals surface area contributed by atoms with Crippen LogP contribution in [0.2, 0.25) is 5.15 Å². The molecular formula is C13H22ClN3O. The minimum atomic E-state index is -0.0994. The number of aliphatic hydroxyl groups is 1. The highest BCUT2D eigenvalue weighted by Crippen LogP contribution is 2.27. The molecule has 0 aliphatic heterocycles. The van der Waals surface area contributed by atoms with Crippen LogP contribution in [0.25, 0.3) is 0 Å². The Hall–Kier alpha value is -0.870. The number of anilines is 1. The zero-order chi connectivity index (χ0) is 13.8. The van der Waals surface area contributed by atoms with E-state index in [0.717, 1.165) is 24.2 Å². The molecule has 0 fully saturated rings. The van der Waals surface area contributed by atoms with E-state index in [2.05, 4.69) is 29.1 Å². The maximum atomic E-state index is 9.53. The number of hydrogen-bond acceptors (Lipinski definition) is 4. The maximum absolute atomic E-state index is 9.53. The first-order chi connectivity index (χ1) is 8.48. The molecule has 0 atom stereocenters. The number of halogens is 1. The highest BCUT2D eigenvalue weighted by molar-refractivity contribution is 6.30. The Kier molecular flexibility index (Phi) is 5.35. The van der Waals surface area contributed by atoms with Crippen molar-refractivity contribution in [3.05, 3.63) is 16.5 Å². The highest BCUT2D eigenvalue weighted by atomic mass is 35.5. The molecule has 2 N–H and O–H groups in total. The Labute approximate surface area is 114 Å². The van der Waals surface area contributed by atoms with Gasteiger partial charge in [-0.15, -0.1) is 0 Å². The van der Waals surface area contributed by atoms with E-state index in [1.807, 2.05) is 13.8 Å². The largest absolute Gasteiger partial charge is 0.396 e. The average molecular weight is 272 g/mol. The van der Waals surface area contributed by atoms with Gasteiger partial charge in [0.1, 0.15) is 16.8 Å². The lowest BCUT2D eigenvalue weighted by atomic mass is 9.83. The van der Waals surface area contributed by atoms with Crippen LogP contribution in [0.5, 0.6) is 0 Å². The van der Waals surface area contributed by atoms with Crippen LogP contribution in [-0.2, 0) is 0 Å². The summed E-state index contributed by atoms with van der Waals surface area (Å²) in [6, 6.07) is 0. The van der Waals surface area contributed by atoms with E-state index in [1.165, 1.54) is 0 Å². The Balaban J connectivity index is 2.86. The van der Waals surface area contributed by atoms with Crippen molar-refractivity contribution in [2.45, 2.75) is 40.5 Å². The summed E-state index contributed by atoms with van der Waals surface area (Å²) in [5.74, 6) is 1.41. The monoisotopic (exact) mass is 271 g/mol. The minimum Gasteiger partial charge on any atom is -0.396 e. The summed E-state index contributed by atoms with van der Waals surface area (Å²) in [4.78, 5) is 8.45. The molecule has 0 aromatic carbocycles. The minimum absolute atomic E-state index is 0.0994. The molecule has 0 aliphatic carbocycles. The van der Waals surface area contributed by atoms with Crippen LogP contribution in [-0.4, -0.2) is 28.2 Å². The van der Waals surface area contributed by atoms with Crippen LogP contribution in [0.1, 0.15) is 38.1 Å². The van der Waals surface area contributed by atoms with E-state index in [9.17, 15) is 5.11 Å². The molecule has 0 radical (unpaired) electrons. The zero-order valence-corrected chi connectivity index (χ0v) is 12.3. The number of nitrogens with one attached hydrogen (secondary N) is 1. The number of aliphatic hydroxyl groups excluding tert-OH is 1. The molecular weight excluding hydrogens is 250 g/mol. The Morgan fingerprint density at radius 2 is 1.83 bits per heavy atom. The fourth-order valence-electron chi connectivity index (χ4n) is 1.82. The van der Waals surface area contributed by atoms with Crippen molar-refractivity contribution in [1.82, 2.24) is 9.97 Å². The van der Waals surface area contributed by atoms with Gasteiger partial charge in [-0.3, -0.25) is 0 Å². The van der Waals surface area contributed by atoms with Crippen molar-refractivity contribution >= 4 is 17.4 Å². The average Bonchev–Trinajstić information content (AvgIpc) is 2.37. The van der Waals surface area contributed by atoms with E-state index in [0.29, 0.717) is 17.5 Å². The van der Waals surface area contributed by atoms with Crippen LogP contribution < -0.4 is 5.32 Å². The van der Waals surface area contributed by atoms with E-state index in [4.69, 9.17) is 11.6 Å². The molecule has 0 bridgehead atoms. The smallest absolute Gasteiger partial charge is 0.137 e. The van der Waals surface area contributed by atoms with E-state index in [1.54, 1.807) is 0 Å². The molecule has 0 aliphatic rings. The molecule has 5 heteroatoms. The second kappa shape index (κ2) is 6.34. The van der Waals surface area contributed by atoms with Crippen LogP contribution in [0, 0.1) is 19.3 Å². The summed E-state index contributed by atoms with van der Waals surface area (Å²) >= 11 is 6.03. The second-order valence-corrected chi connectivity index (χ2v) is 5.11. The van der Waals surface area contributed by atoms with Gasteiger partial charge in [-0.2, -0.15) is 0 Å². The van der Waals surface area contributed by atoms with Gasteiger partial charge in [0.15, 0.2) is 0 Å². The van der Waals surface area contributed by atoms with Gasteiger partial charge in [0.2, 0.25) is 0 Å². The summed E-state index contributed by atoms with van der Waals surface area (Å²) in [6.07, 6.45) is 1.84. The predicted molar refractivity (Wildman–Crippen MR) is 75.1 cm³/mol. The maximum Gasteiger partial charge on any atom is 0.137 e. The molecule has 1 rings (SSSR count). The summed E-state index contributed by atoms with van der Waals surface area (Å²) in [7, 11) is 0. The number of rotatable bonds is 6. The van der Waals surface area contributed by atoms with Gasteiger partial charge in [0, 0.05) is 17.5 Å². The Morgan fingerprint density at radius 1 is 1.22 bits per heavy atom. The normalized spacial score (nSPS) is 11.7. The fraction of sp³-hybridized carbons (Fsp3) is 0.692. The molecule has 0 unspecified atom stereocenters. The first-order valence-electron chi connectivity index (χ1n) is 6.33. The highest BCUT2D eigenvalue weighted by Gasteiger charge is 2.25. The summed E-state index contributed by atoms with van der Waals surface area (Å²) in [5.41, 5.74) is 0.749. The van der Waals surface area contributed by atoms with Crippen molar-refractivity contribution < 1.29 is 5.11 Å². The quantitative estimate of drug-likeness (QED) is 0.781. The summed E-state index contributed by atoms with van der Waals surface area (Å²) in [5, 5.41) is 13.3. The van der Waals surface area contributed by atoms with Gasteiger partial charge in [-0.1, -0.05) is 25.4 Å². The molecule has 4 nitrogen and oxygen atoms in total. The summed E-state index contributed by atoms with van der Waals surface area (Å²) < 4.78 is 0. The lowest BCUT2D eigenvalue weighted by Gasteiger charge is -2.30. The van der Waals surface area contributed by atoms with E-state index >= 15 is 0 Å².